The van der Waals surface area contributed by atoms with Gasteiger partial charge in [0, 0.05) is 18.4 Å². The topological polar surface area (TPSA) is 29.3 Å². The van der Waals surface area contributed by atoms with Crippen LogP contribution in [0.1, 0.15) is 24.9 Å². The van der Waals surface area contributed by atoms with Crippen molar-refractivity contribution in [2.75, 3.05) is 17.7 Å². The van der Waals surface area contributed by atoms with Crippen LogP contribution in [0.15, 0.2) is 54.6 Å². The fourth-order valence-corrected chi connectivity index (χ4v) is 2.34. The Morgan fingerprint density at radius 1 is 1.06 bits per heavy atom. The van der Waals surface area contributed by atoms with Gasteiger partial charge in [-0.2, -0.15) is 0 Å². The third-order valence-corrected chi connectivity index (χ3v) is 3.31. The first-order valence-corrected chi connectivity index (χ1v) is 6.35. The maximum Gasteiger partial charge on any atom is 0.0537 e. The molecule has 2 aromatic carbocycles. The van der Waals surface area contributed by atoms with Gasteiger partial charge in [0.25, 0.3) is 0 Å². The van der Waals surface area contributed by atoms with E-state index in [1.54, 1.807) is 0 Å². The molecule has 1 unspecified atom stereocenters. The maximum absolute atomic E-state index is 5.87. The second kappa shape index (κ2) is 5.58. The van der Waals surface area contributed by atoms with Crippen molar-refractivity contribution >= 4 is 11.4 Å². The lowest BCUT2D eigenvalue weighted by Gasteiger charge is -2.30. The highest BCUT2D eigenvalue weighted by atomic mass is 15.1. The number of rotatable bonds is 4. The Hall–Kier alpha value is -1.96. The number of nitrogens with two attached hydrogens (primary N) is 1. The van der Waals surface area contributed by atoms with Crippen LogP contribution in [-0.4, -0.2) is 7.05 Å². The van der Waals surface area contributed by atoms with Gasteiger partial charge >= 0.3 is 0 Å². The summed E-state index contributed by atoms with van der Waals surface area (Å²) >= 11 is 0. The minimum absolute atomic E-state index is 0.357. The quantitative estimate of drug-likeness (QED) is 0.822. The van der Waals surface area contributed by atoms with Gasteiger partial charge in [0.1, 0.15) is 0 Å². The first kappa shape index (κ1) is 12.5. The number of hydrogen-bond acceptors (Lipinski definition) is 2. The third-order valence-electron chi connectivity index (χ3n) is 3.31. The van der Waals surface area contributed by atoms with Crippen LogP contribution in [-0.2, 0) is 0 Å². The molecule has 2 aromatic rings. The summed E-state index contributed by atoms with van der Waals surface area (Å²) in [5.41, 5.74) is 9.19. The molecular weight excluding hydrogens is 220 g/mol. The van der Waals surface area contributed by atoms with E-state index in [1.807, 2.05) is 18.2 Å². The standard InChI is InChI=1S/C16H20N2/c1-3-16(13-8-7-9-14(17)12-13)18(2)15-10-5-4-6-11-15/h4-12,16H,3,17H2,1-2H3. The van der Waals surface area contributed by atoms with E-state index in [4.69, 9.17) is 5.73 Å². The zero-order valence-corrected chi connectivity index (χ0v) is 11.0. The van der Waals surface area contributed by atoms with E-state index in [9.17, 15) is 0 Å². The van der Waals surface area contributed by atoms with Crippen molar-refractivity contribution in [3.63, 3.8) is 0 Å². The minimum atomic E-state index is 0.357. The Morgan fingerprint density at radius 3 is 2.39 bits per heavy atom. The zero-order valence-electron chi connectivity index (χ0n) is 11.0. The van der Waals surface area contributed by atoms with Crippen LogP contribution in [0, 0.1) is 0 Å². The van der Waals surface area contributed by atoms with Gasteiger partial charge in [-0.1, -0.05) is 37.3 Å². The second-order valence-corrected chi connectivity index (χ2v) is 4.54. The van der Waals surface area contributed by atoms with Crippen molar-refractivity contribution in [1.29, 1.82) is 0 Å². The first-order valence-electron chi connectivity index (χ1n) is 6.35. The molecule has 94 valence electrons. The number of hydrogen-bond donors (Lipinski definition) is 1. The van der Waals surface area contributed by atoms with Gasteiger partial charge in [-0.15, -0.1) is 0 Å². The van der Waals surface area contributed by atoms with E-state index in [2.05, 4.69) is 55.3 Å². The highest BCUT2D eigenvalue weighted by molar-refractivity contribution is 5.50. The summed E-state index contributed by atoms with van der Waals surface area (Å²) < 4.78 is 0. The summed E-state index contributed by atoms with van der Waals surface area (Å²) in [6.45, 7) is 2.20. The molecule has 0 saturated heterocycles. The summed E-state index contributed by atoms with van der Waals surface area (Å²) in [5, 5.41) is 0. The van der Waals surface area contributed by atoms with Crippen molar-refractivity contribution < 1.29 is 0 Å². The maximum atomic E-state index is 5.87. The van der Waals surface area contributed by atoms with Crippen LogP contribution in [0.4, 0.5) is 11.4 Å². The Bertz CT molecular complexity index is 493. The fourth-order valence-electron chi connectivity index (χ4n) is 2.34. The van der Waals surface area contributed by atoms with E-state index in [1.165, 1.54) is 11.3 Å². The van der Waals surface area contributed by atoms with Crippen LogP contribution in [0.25, 0.3) is 0 Å². The molecule has 2 rings (SSSR count). The predicted molar refractivity (Wildman–Crippen MR) is 78.7 cm³/mol. The summed E-state index contributed by atoms with van der Waals surface area (Å²) in [6, 6.07) is 19.0. The van der Waals surface area contributed by atoms with Crippen molar-refractivity contribution in [3.05, 3.63) is 60.2 Å². The molecule has 0 aliphatic heterocycles. The lowest BCUT2D eigenvalue weighted by molar-refractivity contribution is 0.649. The van der Waals surface area contributed by atoms with Gasteiger partial charge in [-0.25, -0.2) is 0 Å². The second-order valence-electron chi connectivity index (χ2n) is 4.54. The molecule has 18 heavy (non-hydrogen) atoms. The smallest absolute Gasteiger partial charge is 0.0537 e. The summed E-state index contributed by atoms with van der Waals surface area (Å²) in [4.78, 5) is 2.30. The average molecular weight is 240 g/mol. The number of nitrogens with zero attached hydrogens (tertiary/aromatic N) is 1. The highest BCUT2D eigenvalue weighted by Crippen LogP contribution is 2.28. The van der Waals surface area contributed by atoms with Crippen LogP contribution in [0.5, 0.6) is 0 Å². The largest absolute Gasteiger partial charge is 0.399 e. The van der Waals surface area contributed by atoms with Crippen LogP contribution in [0.2, 0.25) is 0 Å². The minimum Gasteiger partial charge on any atom is -0.399 e. The lowest BCUT2D eigenvalue weighted by atomic mass is 10.0. The Labute approximate surface area is 109 Å². The predicted octanol–water partition coefficient (Wildman–Crippen LogP) is 3.86. The molecule has 2 nitrogen and oxygen atoms in total. The SMILES string of the molecule is CCC(c1cccc(N)c1)N(C)c1ccccc1. The third kappa shape index (κ3) is 2.65. The number of para-hydroxylation sites is 1. The fraction of sp³-hybridized carbons (Fsp3) is 0.250. The van der Waals surface area contributed by atoms with Crippen LogP contribution >= 0.6 is 0 Å². The summed E-state index contributed by atoms with van der Waals surface area (Å²) in [7, 11) is 2.13. The molecule has 0 radical (unpaired) electrons. The Balaban J connectivity index is 2.29. The van der Waals surface area contributed by atoms with E-state index >= 15 is 0 Å². The van der Waals surface area contributed by atoms with Gasteiger partial charge < -0.3 is 10.6 Å². The Morgan fingerprint density at radius 2 is 1.78 bits per heavy atom. The molecule has 0 saturated carbocycles. The molecule has 0 fully saturated rings. The van der Waals surface area contributed by atoms with Crippen LogP contribution in [0.3, 0.4) is 0 Å². The van der Waals surface area contributed by atoms with Gasteiger partial charge in [0.05, 0.1) is 6.04 Å². The van der Waals surface area contributed by atoms with Gasteiger partial charge in [-0.3, -0.25) is 0 Å². The molecule has 0 aromatic heterocycles. The highest BCUT2D eigenvalue weighted by Gasteiger charge is 2.15. The Kier molecular flexibility index (Phi) is 3.88. The number of anilines is 2. The average Bonchev–Trinajstić information content (AvgIpc) is 2.40. The van der Waals surface area contributed by atoms with Crippen LogP contribution < -0.4 is 10.6 Å². The first-order chi connectivity index (χ1) is 8.72. The summed E-state index contributed by atoms with van der Waals surface area (Å²) in [6.07, 6.45) is 1.05. The molecule has 0 spiro atoms. The van der Waals surface area contributed by atoms with Crippen molar-refractivity contribution in [3.8, 4) is 0 Å². The molecule has 0 heterocycles. The van der Waals surface area contributed by atoms with Crippen molar-refractivity contribution in [1.82, 2.24) is 0 Å². The molecule has 0 aliphatic rings. The monoisotopic (exact) mass is 240 g/mol. The molecule has 2 N–H and O–H groups in total. The molecule has 1 atom stereocenters. The molecular formula is C16H20N2. The number of benzene rings is 2. The summed E-state index contributed by atoms with van der Waals surface area (Å²) in [5.74, 6) is 0. The molecule has 0 amide bonds. The lowest BCUT2D eigenvalue weighted by Crippen LogP contribution is -2.23. The van der Waals surface area contributed by atoms with Gasteiger partial charge in [0.15, 0.2) is 0 Å². The van der Waals surface area contributed by atoms with Gasteiger partial charge in [0.2, 0.25) is 0 Å². The molecule has 2 heteroatoms. The van der Waals surface area contributed by atoms with E-state index in [0.29, 0.717) is 6.04 Å². The van der Waals surface area contributed by atoms with Crippen molar-refractivity contribution in [2.45, 2.75) is 19.4 Å². The molecule has 0 aliphatic carbocycles. The normalized spacial score (nSPS) is 12.1. The molecule has 0 bridgehead atoms. The zero-order chi connectivity index (χ0) is 13.0. The van der Waals surface area contributed by atoms with E-state index < -0.39 is 0 Å². The van der Waals surface area contributed by atoms with Crippen molar-refractivity contribution in [2.24, 2.45) is 0 Å². The van der Waals surface area contributed by atoms with E-state index in [-0.39, 0.29) is 0 Å². The van der Waals surface area contributed by atoms with Gasteiger partial charge in [-0.05, 0) is 36.2 Å². The number of nitrogen functional groups attached to an aromatic ring is 1. The van der Waals surface area contributed by atoms with E-state index in [0.717, 1.165) is 12.1 Å².